The standard InChI is InChI=1S/C22H18F3N5O.C2HF3O2/c23-22(24,25)16-7-4-14(5-8-16)17-12-20(29-13-28-17)31-18-3-1-2-15-6-9-19(27-11-10-26)30-21(15)18;3-2(4,5)1(6)7/h1-9,12-13H,10-11,26H2,(H,27,30);(H,6,7). The number of rotatable bonds is 6. The van der Waals surface area contributed by atoms with Crippen LogP contribution in [0.25, 0.3) is 22.2 Å². The maximum atomic E-state index is 12.8. The van der Waals surface area contributed by atoms with Crippen LogP contribution in [0.2, 0.25) is 0 Å². The molecule has 0 aliphatic carbocycles. The largest absolute Gasteiger partial charge is 0.490 e. The maximum Gasteiger partial charge on any atom is 0.490 e. The van der Waals surface area contributed by atoms with E-state index in [4.69, 9.17) is 20.4 Å². The lowest BCUT2D eigenvalue weighted by atomic mass is 10.1. The summed E-state index contributed by atoms with van der Waals surface area (Å²) in [5.41, 5.74) is 6.41. The minimum Gasteiger partial charge on any atom is -0.475 e. The molecule has 4 N–H and O–H groups in total. The SMILES string of the molecule is NCCNc1ccc2cccc(Oc3cc(-c4ccc(C(F)(F)F)cc4)ncn3)c2n1.O=C(O)C(F)(F)F. The van der Waals surface area contributed by atoms with Crippen LogP contribution in [-0.4, -0.2) is 45.3 Å². The van der Waals surface area contributed by atoms with Crippen LogP contribution in [-0.2, 0) is 11.0 Å². The van der Waals surface area contributed by atoms with Gasteiger partial charge in [-0.15, -0.1) is 0 Å². The number of nitrogens with one attached hydrogen (secondary N) is 1. The molecular formula is C24H19F6N5O3. The number of halogens is 6. The van der Waals surface area contributed by atoms with Gasteiger partial charge >= 0.3 is 18.3 Å². The molecule has 0 aliphatic rings. The summed E-state index contributed by atoms with van der Waals surface area (Å²) in [6, 6.07) is 15.6. The van der Waals surface area contributed by atoms with Gasteiger partial charge in [0.05, 0.1) is 11.3 Å². The summed E-state index contributed by atoms with van der Waals surface area (Å²) in [6.45, 7) is 1.06. The number of ether oxygens (including phenoxy) is 1. The van der Waals surface area contributed by atoms with Crippen LogP contribution in [0, 0.1) is 0 Å². The van der Waals surface area contributed by atoms with Crippen LogP contribution in [0.15, 0.2) is 67.0 Å². The minimum atomic E-state index is -5.08. The Hall–Kier alpha value is -4.46. The van der Waals surface area contributed by atoms with E-state index in [1.54, 1.807) is 12.1 Å². The van der Waals surface area contributed by atoms with Crippen LogP contribution in [0.4, 0.5) is 32.2 Å². The van der Waals surface area contributed by atoms with E-state index < -0.39 is 23.9 Å². The lowest BCUT2D eigenvalue weighted by Crippen LogP contribution is -2.21. The number of carbonyl (C=O) groups is 1. The van der Waals surface area contributed by atoms with E-state index >= 15 is 0 Å². The molecule has 8 nitrogen and oxygen atoms in total. The van der Waals surface area contributed by atoms with Crippen LogP contribution in [0.5, 0.6) is 11.6 Å². The van der Waals surface area contributed by atoms with Gasteiger partial charge in [-0.05, 0) is 30.3 Å². The van der Waals surface area contributed by atoms with E-state index in [1.165, 1.54) is 18.5 Å². The van der Waals surface area contributed by atoms with E-state index in [1.807, 2.05) is 24.3 Å². The summed E-state index contributed by atoms with van der Waals surface area (Å²) in [4.78, 5) is 21.7. The number of aliphatic carboxylic acids is 1. The van der Waals surface area contributed by atoms with Gasteiger partial charge in [0.1, 0.15) is 17.7 Å². The lowest BCUT2D eigenvalue weighted by Gasteiger charge is -2.11. The van der Waals surface area contributed by atoms with Crippen LogP contribution in [0.3, 0.4) is 0 Å². The molecule has 2 aromatic heterocycles. The highest BCUT2D eigenvalue weighted by Crippen LogP contribution is 2.32. The third-order valence-electron chi connectivity index (χ3n) is 4.74. The van der Waals surface area contributed by atoms with Gasteiger partial charge in [-0.2, -0.15) is 26.3 Å². The van der Waals surface area contributed by atoms with Gasteiger partial charge in [-0.3, -0.25) is 0 Å². The Morgan fingerprint density at radius 2 is 1.66 bits per heavy atom. The molecule has 0 saturated carbocycles. The topological polar surface area (TPSA) is 123 Å². The first-order chi connectivity index (χ1) is 17.9. The van der Waals surface area contributed by atoms with Crippen molar-refractivity contribution in [1.82, 2.24) is 15.0 Å². The normalized spacial score (nSPS) is 11.4. The van der Waals surface area contributed by atoms with Crippen LogP contribution >= 0.6 is 0 Å². The zero-order chi connectivity index (χ0) is 27.9. The van der Waals surface area contributed by atoms with Crippen LogP contribution in [0.1, 0.15) is 5.56 Å². The third-order valence-corrected chi connectivity index (χ3v) is 4.74. The fourth-order valence-electron chi connectivity index (χ4n) is 3.00. The third kappa shape index (κ3) is 7.52. The van der Waals surface area contributed by atoms with Crippen molar-refractivity contribution in [3.63, 3.8) is 0 Å². The number of nitrogens with zero attached hydrogens (tertiary/aromatic N) is 3. The highest BCUT2D eigenvalue weighted by molar-refractivity contribution is 5.86. The second-order valence-electron chi connectivity index (χ2n) is 7.46. The Morgan fingerprint density at radius 3 is 2.26 bits per heavy atom. The zero-order valence-corrected chi connectivity index (χ0v) is 19.2. The minimum absolute atomic E-state index is 0.250. The van der Waals surface area contributed by atoms with E-state index in [0.29, 0.717) is 41.4 Å². The molecule has 0 radical (unpaired) electrons. The van der Waals surface area contributed by atoms with Gasteiger partial charge in [-0.1, -0.05) is 24.3 Å². The lowest BCUT2D eigenvalue weighted by molar-refractivity contribution is -0.192. The predicted molar refractivity (Wildman–Crippen MR) is 126 cm³/mol. The number of nitrogens with two attached hydrogens (primary N) is 1. The van der Waals surface area contributed by atoms with Crippen molar-refractivity contribution in [3.05, 3.63) is 72.6 Å². The van der Waals surface area contributed by atoms with E-state index in [-0.39, 0.29) is 5.88 Å². The summed E-state index contributed by atoms with van der Waals surface area (Å²) in [6.07, 6.45) is -8.17. The second-order valence-corrected chi connectivity index (χ2v) is 7.46. The summed E-state index contributed by atoms with van der Waals surface area (Å²) in [7, 11) is 0. The summed E-state index contributed by atoms with van der Waals surface area (Å²) >= 11 is 0. The molecule has 0 bridgehead atoms. The Morgan fingerprint density at radius 1 is 0.974 bits per heavy atom. The van der Waals surface area contributed by atoms with Gasteiger partial charge < -0.3 is 20.9 Å². The number of alkyl halides is 6. The molecule has 14 heteroatoms. The van der Waals surface area contributed by atoms with E-state index in [0.717, 1.165) is 17.5 Å². The fraction of sp³-hybridized carbons (Fsp3) is 0.167. The number of para-hydroxylation sites is 1. The smallest absolute Gasteiger partial charge is 0.475 e. The molecule has 4 aromatic rings. The monoisotopic (exact) mass is 539 g/mol. The molecule has 0 spiro atoms. The van der Waals surface area contributed by atoms with Crippen molar-refractivity contribution < 1.29 is 41.0 Å². The molecule has 0 amide bonds. The first kappa shape index (κ1) is 28.1. The quantitative estimate of drug-likeness (QED) is 0.274. The van der Waals surface area contributed by atoms with Crippen molar-refractivity contribution >= 4 is 22.7 Å². The number of anilines is 1. The number of hydrogen-bond donors (Lipinski definition) is 3. The van der Waals surface area contributed by atoms with E-state index in [9.17, 15) is 26.3 Å². The highest BCUT2D eigenvalue weighted by atomic mass is 19.4. The van der Waals surface area contributed by atoms with Gasteiger partial charge in [0, 0.05) is 30.1 Å². The van der Waals surface area contributed by atoms with Crippen molar-refractivity contribution in [2.75, 3.05) is 18.4 Å². The molecule has 200 valence electrons. The predicted octanol–water partition coefficient (Wildman–Crippen LogP) is 5.51. The Labute approximate surface area is 211 Å². The molecule has 0 unspecified atom stereocenters. The number of hydrogen-bond acceptors (Lipinski definition) is 7. The fourth-order valence-corrected chi connectivity index (χ4v) is 3.00. The molecular weight excluding hydrogens is 520 g/mol. The summed E-state index contributed by atoms with van der Waals surface area (Å²) in [5, 5.41) is 11.1. The number of carboxylic acid groups (broad SMARTS) is 1. The highest BCUT2D eigenvalue weighted by Gasteiger charge is 2.38. The Bertz CT molecular complexity index is 1400. The van der Waals surface area contributed by atoms with Crippen LogP contribution < -0.4 is 15.8 Å². The summed E-state index contributed by atoms with van der Waals surface area (Å²) < 4.78 is 76.1. The molecule has 0 aliphatic heterocycles. The van der Waals surface area contributed by atoms with Gasteiger partial charge in [0.25, 0.3) is 0 Å². The average molecular weight is 539 g/mol. The molecule has 0 atom stereocenters. The van der Waals surface area contributed by atoms with E-state index in [2.05, 4.69) is 20.3 Å². The molecule has 0 saturated heterocycles. The average Bonchev–Trinajstić information content (AvgIpc) is 2.87. The van der Waals surface area contributed by atoms with Gasteiger partial charge in [0.2, 0.25) is 5.88 Å². The van der Waals surface area contributed by atoms with Crippen molar-refractivity contribution in [2.45, 2.75) is 12.4 Å². The number of aromatic nitrogens is 3. The number of pyridine rings is 1. The molecule has 38 heavy (non-hydrogen) atoms. The van der Waals surface area contributed by atoms with Crippen molar-refractivity contribution in [3.8, 4) is 22.9 Å². The summed E-state index contributed by atoms with van der Waals surface area (Å²) in [5.74, 6) is -1.35. The first-order valence-corrected chi connectivity index (χ1v) is 10.7. The number of fused-ring (bicyclic) bond motifs is 1. The number of benzene rings is 2. The number of carboxylic acids is 1. The Kier molecular flexibility index (Phi) is 8.68. The Balaban J connectivity index is 0.000000505. The van der Waals surface area contributed by atoms with Gasteiger partial charge in [-0.25, -0.2) is 19.7 Å². The molecule has 2 heterocycles. The molecule has 4 rings (SSSR count). The second kappa shape index (κ2) is 11.7. The maximum absolute atomic E-state index is 12.8. The zero-order valence-electron chi connectivity index (χ0n) is 19.2. The van der Waals surface area contributed by atoms with Gasteiger partial charge in [0.15, 0.2) is 5.75 Å². The van der Waals surface area contributed by atoms with Crippen molar-refractivity contribution in [2.24, 2.45) is 5.73 Å². The molecule has 2 aromatic carbocycles. The van der Waals surface area contributed by atoms with Crippen molar-refractivity contribution in [1.29, 1.82) is 0 Å². The molecule has 0 fully saturated rings. The first-order valence-electron chi connectivity index (χ1n) is 10.7.